The first kappa shape index (κ1) is 17.1. The molecule has 0 aromatic carbocycles. The van der Waals surface area contributed by atoms with Crippen molar-refractivity contribution in [2.24, 2.45) is 0 Å². The number of hydrogen-bond donors (Lipinski definition) is 0. The first-order valence-corrected chi connectivity index (χ1v) is 6.87. The zero-order valence-electron chi connectivity index (χ0n) is 12.0. The number of aromatic nitrogens is 3. The molecule has 1 aromatic heterocycles. The van der Waals surface area contributed by atoms with E-state index in [0.29, 0.717) is 11.1 Å². The average molecular weight is 355 g/mol. The molecule has 4 aliphatic heterocycles. The van der Waals surface area contributed by atoms with Crippen LogP contribution in [-0.2, 0) is 0 Å². The van der Waals surface area contributed by atoms with Crippen LogP contribution < -0.4 is 29.3 Å². The van der Waals surface area contributed by atoms with Crippen molar-refractivity contribution in [2.75, 3.05) is 47.1 Å². The highest BCUT2D eigenvalue weighted by Crippen LogP contribution is 2.35. The average Bonchev–Trinajstić information content (AvgIpc) is 2.23. The lowest BCUT2D eigenvalue weighted by atomic mass is 10.2. The highest BCUT2D eigenvalue weighted by Gasteiger charge is 2.58. The van der Waals surface area contributed by atoms with Gasteiger partial charge in [-0.05, 0) is 18.5 Å². The molecule has 1 aromatic rings. The van der Waals surface area contributed by atoms with Gasteiger partial charge >= 0.3 is 5.95 Å². The Bertz CT molecular complexity index is 520. The largest absolute Gasteiger partial charge is 1.00 e. The fourth-order valence-corrected chi connectivity index (χ4v) is 4.24. The molecular formula is C11H18Cl3N7. The number of quaternary nitrogens is 2. The molecule has 4 fully saturated rings. The second kappa shape index (κ2) is 5.42. The fourth-order valence-electron chi connectivity index (χ4n) is 4.04. The van der Waals surface area contributed by atoms with E-state index in [-0.39, 0.29) is 24.8 Å². The summed E-state index contributed by atoms with van der Waals surface area (Å²) < 4.78 is 1.81. The molecule has 4 saturated heterocycles. The molecule has 0 saturated carbocycles. The van der Waals surface area contributed by atoms with Crippen LogP contribution in [0.3, 0.4) is 0 Å². The van der Waals surface area contributed by atoms with Gasteiger partial charge in [-0.25, -0.2) is 4.98 Å². The molecule has 4 aliphatic rings. The van der Waals surface area contributed by atoms with E-state index in [1.165, 1.54) is 0 Å². The molecule has 0 spiro atoms. The lowest BCUT2D eigenvalue weighted by Gasteiger charge is -2.61. The van der Waals surface area contributed by atoms with Gasteiger partial charge in [-0.3, -0.25) is 4.48 Å². The number of rotatable bonds is 1. The van der Waals surface area contributed by atoms with Crippen molar-refractivity contribution in [3.05, 3.63) is 11.1 Å². The maximum atomic E-state index is 6.02. The molecule has 0 amide bonds. The SMILES string of the molecule is Cc1nc(Cl)nc([N+]23CN4CN(C[N+](C)(C4)C2)C3)n1.[Cl-].[Cl-]. The molecule has 2 unspecified atom stereocenters. The van der Waals surface area contributed by atoms with Crippen LogP contribution in [0.5, 0.6) is 0 Å². The van der Waals surface area contributed by atoms with Gasteiger partial charge in [0.25, 0.3) is 0 Å². The second-order valence-corrected chi connectivity index (χ2v) is 6.74. The van der Waals surface area contributed by atoms with E-state index in [1.807, 2.05) is 6.92 Å². The Morgan fingerprint density at radius 3 is 2.14 bits per heavy atom. The van der Waals surface area contributed by atoms with Crippen molar-refractivity contribution in [1.82, 2.24) is 29.2 Å². The van der Waals surface area contributed by atoms with Crippen LogP contribution in [0.1, 0.15) is 5.82 Å². The monoisotopic (exact) mass is 353 g/mol. The molecule has 4 bridgehead atoms. The summed E-state index contributed by atoms with van der Waals surface area (Å²) in [7, 11) is 2.31. The third-order valence-corrected chi connectivity index (χ3v) is 4.34. The van der Waals surface area contributed by atoms with E-state index < -0.39 is 0 Å². The first-order valence-electron chi connectivity index (χ1n) is 6.50. The van der Waals surface area contributed by atoms with Gasteiger partial charge in [0.2, 0.25) is 12.0 Å². The van der Waals surface area contributed by atoms with Gasteiger partial charge in [-0.2, -0.15) is 19.3 Å². The van der Waals surface area contributed by atoms with E-state index in [1.54, 1.807) is 0 Å². The third-order valence-electron chi connectivity index (χ3n) is 4.17. The Hall–Kier alpha value is -0.280. The normalized spacial score (nSPS) is 39.6. The van der Waals surface area contributed by atoms with E-state index in [2.05, 4.69) is 31.8 Å². The third kappa shape index (κ3) is 2.72. The smallest absolute Gasteiger partial charge is 0.340 e. The summed E-state index contributed by atoms with van der Waals surface area (Å²) in [6.45, 7) is 8.16. The summed E-state index contributed by atoms with van der Waals surface area (Å²) in [5, 5.41) is 0.305. The number of hydrogen-bond acceptors (Lipinski definition) is 5. The van der Waals surface area contributed by atoms with Gasteiger partial charge in [-0.15, -0.1) is 4.98 Å². The lowest BCUT2D eigenvalue weighted by molar-refractivity contribution is -0.962. The van der Waals surface area contributed by atoms with Crippen LogP contribution in [0.25, 0.3) is 0 Å². The van der Waals surface area contributed by atoms with Crippen molar-refractivity contribution in [3.8, 4) is 0 Å². The Balaban J connectivity index is 0.000000807. The van der Waals surface area contributed by atoms with Crippen LogP contribution in [-0.4, -0.2) is 76.3 Å². The predicted molar refractivity (Wildman–Crippen MR) is 70.4 cm³/mol. The maximum Gasteiger partial charge on any atom is 0.340 e. The van der Waals surface area contributed by atoms with Crippen LogP contribution in [0.2, 0.25) is 5.28 Å². The van der Waals surface area contributed by atoms with Crippen molar-refractivity contribution in [2.45, 2.75) is 6.92 Å². The zero-order chi connectivity index (χ0) is 13.3. The van der Waals surface area contributed by atoms with E-state index in [4.69, 9.17) is 11.6 Å². The maximum absolute atomic E-state index is 6.02. The second-order valence-electron chi connectivity index (χ2n) is 6.41. The van der Waals surface area contributed by atoms with E-state index in [9.17, 15) is 0 Å². The van der Waals surface area contributed by atoms with Gasteiger partial charge in [0.15, 0.2) is 13.3 Å². The Morgan fingerprint density at radius 1 is 1.00 bits per heavy atom. The predicted octanol–water partition coefficient (Wildman–Crippen LogP) is -6.01. The zero-order valence-corrected chi connectivity index (χ0v) is 14.3. The minimum Gasteiger partial charge on any atom is -1.00 e. The molecule has 5 heterocycles. The van der Waals surface area contributed by atoms with Crippen molar-refractivity contribution in [1.29, 1.82) is 0 Å². The van der Waals surface area contributed by atoms with Crippen LogP contribution >= 0.6 is 11.6 Å². The first-order chi connectivity index (χ1) is 8.96. The summed E-state index contributed by atoms with van der Waals surface area (Å²) in [4.78, 5) is 18.0. The van der Waals surface area contributed by atoms with Crippen molar-refractivity contribution >= 4 is 17.5 Å². The Morgan fingerprint density at radius 2 is 1.62 bits per heavy atom. The lowest BCUT2D eigenvalue weighted by Crippen LogP contribution is -3.00. The van der Waals surface area contributed by atoms with Gasteiger partial charge in [0, 0.05) is 0 Å². The van der Waals surface area contributed by atoms with Gasteiger partial charge in [-0.1, -0.05) is 0 Å². The minimum absolute atomic E-state index is 0. The van der Waals surface area contributed by atoms with Crippen LogP contribution in [0.4, 0.5) is 5.95 Å². The summed E-state index contributed by atoms with van der Waals surface area (Å²) in [5.41, 5.74) is 0. The van der Waals surface area contributed by atoms with Gasteiger partial charge < -0.3 is 24.8 Å². The quantitative estimate of drug-likeness (QED) is 0.470. The molecule has 10 heteroatoms. The number of halogens is 3. The highest BCUT2D eigenvalue weighted by atomic mass is 35.5. The highest BCUT2D eigenvalue weighted by molar-refractivity contribution is 6.28. The molecule has 21 heavy (non-hydrogen) atoms. The topological polar surface area (TPSA) is 45.2 Å². The standard InChI is InChI=1S/C11H18ClN7.2ClH/c1-9-13-10(12)15-11(14-9)19-6-16-3-17(7-19)5-18(2,4-16)8-19;;/h3-8H2,1-2H3;2*1H/q+2;;/p-2. The molecule has 5 rings (SSSR count). The summed E-state index contributed by atoms with van der Waals surface area (Å²) >= 11 is 6.02. The van der Waals surface area contributed by atoms with Crippen molar-refractivity contribution < 1.29 is 29.3 Å². The fraction of sp³-hybridized carbons (Fsp3) is 0.727. The summed E-state index contributed by atoms with van der Waals surface area (Å²) in [6.07, 6.45) is 0. The Labute approximate surface area is 141 Å². The molecular weight excluding hydrogens is 337 g/mol. The molecule has 118 valence electrons. The molecule has 0 aliphatic carbocycles. The molecule has 0 radical (unpaired) electrons. The number of aryl methyl sites for hydroxylation is 1. The van der Waals surface area contributed by atoms with Crippen LogP contribution in [0, 0.1) is 6.92 Å². The van der Waals surface area contributed by atoms with E-state index in [0.717, 1.165) is 54.9 Å². The van der Waals surface area contributed by atoms with Gasteiger partial charge in [0.1, 0.15) is 19.2 Å². The van der Waals surface area contributed by atoms with Crippen LogP contribution in [0.15, 0.2) is 0 Å². The molecule has 2 atom stereocenters. The Kier molecular flexibility index (Phi) is 4.41. The minimum atomic E-state index is 0. The van der Waals surface area contributed by atoms with Crippen molar-refractivity contribution in [3.63, 3.8) is 0 Å². The molecule has 0 N–H and O–H groups in total. The summed E-state index contributed by atoms with van der Waals surface area (Å²) in [6, 6.07) is 0. The summed E-state index contributed by atoms with van der Waals surface area (Å²) in [5.74, 6) is 1.52. The number of nitrogens with zero attached hydrogens (tertiary/aromatic N) is 7. The van der Waals surface area contributed by atoms with Gasteiger partial charge in [0.05, 0.1) is 13.7 Å². The van der Waals surface area contributed by atoms with E-state index >= 15 is 0 Å². The molecule has 7 nitrogen and oxygen atoms in total.